The maximum Gasteiger partial charge on any atom is 0.241 e. The molecule has 2 heterocycles. The number of aryl methyl sites for hydroxylation is 2. The Bertz CT molecular complexity index is 572. The molecule has 1 aromatic rings. The van der Waals surface area contributed by atoms with Crippen molar-refractivity contribution >= 4 is 21.4 Å². The topological polar surface area (TPSA) is 49.4 Å². The van der Waals surface area contributed by atoms with Gasteiger partial charge in [0.15, 0.2) is 0 Å². The molecular weight excluding hydrogens is 304 g/mol. The first-order chi connectivity index (χ1) is 9.81. The van der Waals surface area contributed by atoms with E-state index in [9.17, 15) is 8.42 Å². The van der Waals surface area contributed by atoms with Crippen LogP contribution in [0.3, 0.4) is 0 Å². The van der Waals surface area contributed by atoms with Crippen molar-refractivity contribution in [1.29, 1.82) is 0 Å². The Morgan fingerprint density at radius 2 is 1.90 bits per heavy atom. The van der Waals surface area contributed by atoms with Crippen LogP contribution in [-0.2, 0) is 10.0 Å². The first-order valence-electron chi connectivity index (χ1n) is 7.62. The molecule has 1 N–H and O–H groups in total. The maximum atomic E-state index is 12.5. The van der Waals surface area contributed by atoms with Gasteiger partial charge < -0.3 is 0 Å². The second kappa shape index (κ2) is 6.77. The standard InChI is InChI=1S/C15H26N2O2S2/c1-11(2)14(17-7-5-6-8-17)10-16-21(18,19)15-9-12(3)20-13(15)4/h9,11,14,16H,5-8,10H2,1-4H3. The molecule has 1 aromatic heterocycles. The quantitative estimate of drug-likeness (QED) is 0.872. The summed E-state index contributed by atoms with van der Waals surface area (Å²) in [5.41, 5.74) is 0. The molecular formula is C15H26N2O2S2. The van der Waals surface area contributed by atoms with E-state index >= 15 is 0 Å². The van der Waals surface area contributed by atoms with Gasteiger partial charge in [-0.15, -0.1) is 11.3 Å². The third kappa shape index (κ3) is 4.06. The molecule has 1 fully saturated rings. The van der Waals surface area contributed by atoms with E-state index in [1.807, 2.05) is 13.8 Å². The summed E-state index contributed by atoms with van der Waals surface area (Å²) in [6.45, 7) is 10.8. The molecule has 1 unspecified atom stereocenters. The van der Waals surface area contributed by atoms with Crippen molar-refractivity contribution in [2.45, 2.75) is 51.5 Å². The highest BCUT2D eigenvalue weighted by Gasteiger charge is 2.27. The first kappa shape index (κ1) is 16.9. The van der Waals surface area contributed by atoms with Crippen LogP contribution < -0.4 is 4.72 Å². The Balaban J connectivity index is 2.07. The second-order valence-electron chi connectivity index (χ2n) is 6.18. The third-order valence-corrected chi connectivity index (χ3v) is 6.79. The predicted molar refractivity (Wildman–Crippen MR) is 88.4 cm³/mol. The van der Waals surface area contributed by atoms with E-state index in [0.717, 1.165) is 22.8 Å². The summed E-state index contributed by atoms with van der Waals surface area (Å²) in [6.07, 6.45) is 2.44. The van der Waals surface area contributed by atoms with Gasteiger partial charge in [-0.05, 0) is 51.8 Å². The lowest BCUT2D eigenvalue weighted by Crippen LogP contribution is -2.45. The number of thiophene rings is 1. The van der Waals surface area contributed by atoms with Gasteiger partial charge in [-0.3, -0.25) is 4.90 Å². The Labute approximate surface area is 132 Å². The summed E-state index contributed by atoms with van der Waals surface area (Å²) in [5, 5.41) is 0. The molecule has 0 bridgehead atoms. The Morgan fingerprint density at radius 1 is 1.29 bits per heavy atom. The van der Waals surface area contributed by atoms with Crippen molar-refractivity contribution in [3.63, 3.8) is 0 Å². The molecule has 0 spiro atoms. The van der Waals surface area contributed by atoms with Crippen LogP contribution in [0.2, 0.25) is 0 Å². The van der Waals surface area contributed by atoms with E-state index in [1.165, 1.54) is 24.2 Å². The van der Waals surface area contributed by atoms with Crippen molar-refractivity contribution in [2.24, 2.45) is 5.92 Å². The Kier molecular flexibility index (Phi) is 5.46. The van der Waals surface area contributed by atoms with E-state index in [4.69, 9.17) is 0 Å². The monoisotopic (exact) mass is 330 g/mol. The van der Waals surface area contributed by atoms with Gasteiger partial charge in [-0.2, -0.15) is 0 Å². The Hall–Kier alpha value is -0.430. The second-order valence-corrected chi connectivity index (χ2v) is 9.38. The zero-order chi connectivity index (χ0) is 15.6. The SMILES string of the molecule is Cc1cc(S(=O)(=O)NCC(C(C)C)N2CCCC2)c(C)s1. The van der Waals surface area contributed by atoms with Crippen LogP contribution in [0.1, 0.15) is 36.4 Å². The lowest BCUT2D eigenvalue weighted by atomic mass is 10.0. The van der Waals surface area contributed by atoms with Gasteiger partial charge in [0.05, 0.1) is 4.90 Å². The fourth-order valence-corrected chi connectivity index (χ4v) is 5.61. The molecule has 6 heteroatoms. The Morgan fingerprint density at radius 3 is 2.38 bits per heavy atom. The average molecular weight is 331 g/mol. The summed E-state index contributed by atoms with van der Waals surface area (Å²) >= 11 is 1.53. The molecule has 0 aromatic carbocycles. The van der Waals surface area contributed by atoms with Gasteiger partial charge in [0.25, 0.3) is 0 Å². The number of sulfonamides is 1. The number of likely N-dealkylation sites (tertiary alicyclic amines) is 1. The summed E-state index contributed by atoms with van der Waals surface area (Å²) in [4.78, 5) is 4.75. The molecule has 1 aliphatic heterocycles. The molecule has 0 radical (unpaired) electrons. The highest BCUT2D eigenvalue weighted by atomic mass is 32.2. The molecule has 4 nitrogen and oxygen atoms in total. The number of hydrogen-bond donors (Lipinski definition) is 1. The van der Waals surface area contributed by atoms with Crippen LogP contribution in [0.5, 0.6) is 0 Å². The van der Waals surface area contributed by atoms with E-state index < -0.39 is 10.0 Å². The van der Waals surface area contributed by atoms with Crippen LogP contribution in [-0.4, -0.2) is 39.0 Å². The summed E-state index contributed by atoms with van der Waals surface area (Å²) in [6, 6.07) is 2.05. The highest BCUT2D eigenvalue weighted by molar-refractivity contribution is 7.89. The van der Waals surface area contributed by atoms with Crippen molar-refractivity contribution in [1.82, 2.24) is 9.62 Å². The molecule has 2 rings (SSSR count). The first-order valence-corrected chi connectivity index (χ1v) is 9.92. The fraction of sp³-hybridized carbons (Fsp3) is 0.733. The minimum absolute atomic E-state index is 0.280. The lowest BCUT2D eigenvalue weighted by molar-refractivity contribution is 0.193. The van der Waals surface area contributed by atoms with Crippen LogP contribution in [0.4, 0.5) is 0 Å². The predicted octanol–water partition coefficient (Wildman–Crippen LogP) is 2.76. The molecule has 0 aliphatic carbocycles. The van der Waals surface area contributed by atoms with Crippen LogP contribution in [0.25, 0.3) is 0 Å². The average Bonchev–Trinajstić information content (AvgIpc) is 2.99. The molecule has 120 valence electrons. The van der Waals surface area contributed by atoms with Crippen molar-refractivity contribution in [2.75, 3.05) is 19.6 Å². The maximum absolute atomic E-state index is 12.5. The van der Waals surface area contributed by atoms with Crippen molar-refractivity contribution in [3.05, 3.63) is 15.8 Å². The van der Waals surface area contributed by atoms with Crippen LogP contribution >= 0.6 is 11.3 Å². The smallest absolute Gasteiger partial charge is 0.241 e. The molecule has 0 amide bonds. The minimum atomic E-state index is -3.39. The largest absolute Gasteiger partial charge is 0.299 e. The molecule has 21 heavy (non-hydrogen) atoms. The van der Waals surface area contributed by atoms with E-state index in [1.54, 1.807) is 6.07 Å². The van der Waals surface area contributed by atoms with Gasteiger partial charge in [0.1, 0.15) is 0 Å². The normalized spacial score (nSPS) is 18.5. The number of nitrogens with zero attached hydrogens (tertiary/aromatic N) is 1. The summed E-state index contributed by atoms with van der Waals surface area (Å²) in [7, 11) is -3.39. The summed E-state index contributed by atoms with van der Waals surface area (Å²) < 4.78 is 27.8. The minimum Gasteiger partial charge on any atom is -0.299 e. The highest BCUT2D eigenvalue weighted by Crippen LogP contribution is 2.25. The number of nitrogens with one attached hydrogen (secondary N) is 1. The molecule has 0 saturated carbocycles. The van der Waals surface area contributed by atoms with E-state index in [-0.39, 0.29) is 6.04 Å². The van der Waals surface area contributed by atoms with Crippen molar-refractivity contribution < 1.29 is 8.42 Å². The zero-order valence-electron chi connectivity index (χ0n) is 13.3. The molecule has 1 aliphatic rings. The van der Waals surface area contributed by atoms with Crippen LogP contribution in [0.15, 0.2) is 11.0 Å². The van der Waals surface area contributed by atoms with Gasteiger partial charge >= 0.3 is 0 Å². The van der Waals surface area contributed by atoms with Gasteiger partial charge in [0, 0.05) is 22.3 Å². The molecule has 1 atom stereocenters. The van der Waals surface area contributed by atoms with Gasteiger partial charge in [0.2, 0.25) is 10.0 Å². The number of rotatable bonds is 6. The van der Waals surface area contributed by atoms with Crippen molar-refractivity contribution in [3.8, 4) is 0 Å². The summed E-state index contributed by atoms with van der Waals surface area (Å²) in [5.74, 6) is 0.441. The van der Waals surface area contributed by atoms with E-state index in [0.29, 0.717) is 17.4 Å². The fourth-order valence-electron chi connectivity index (χ4n) is 3.01. The van der Waals surface area contributed by atoms with Gasteiger partial charge in [-0.25, -0.2) is 13.1 Å². The zero-order valence-corrected chi connectivity index (χ0v) is 15.0. The van der Waals surface area contributed by atoms with Gasteiger partial charge in [-0.1, -0.05) is 13.8 Å². The lowest BCUT2D eigenvalue weighted by Gasteiger charge is -2.30. The third-order valence-electron chi connectivity index (χ3n) is 4.15. The van der Waals surface area contributed by atoms with Crippen LogP contribution in [0, 0.1) is 19.8 Å². The molecule has 1 saturated heterocycles. The van der Waals surface area contributed by atoms with E-state index in [2.05, 4.69) is 23.5 Å². The number of hydrogen-bond acceptors (Lipinski definition) is 4.